The lowest BCUT2D eigenvalue weighted by Gasteiger charge is -2.27. The molecule has 0 N–H and O–H groups in total. The Bertz CT molecular complexity index is 1880. The molecule has 7 rings (SSSR count). The Labute approximate surface area is 224 Å². The fourth-order valence-electron chi connectivity index (χ4n) is 5.18. The predicted molar refractivity (Wildman–Crippen MR) is 162 cm³/mol. The Morgan fingerprint density at radius 3 is 2.03 bits per heavy atom. The summed E-state index contributed by atoms with van der Waals surface area (Å²) in [6.07, 6.45) is 0. The first-order valence-corrected chi connectivity index (χ1v) is 13.5. The third-order valence-corrected chi connectivity index (χ3v) is 8.33. The van der Waals surface area contributed by atoms with Gasteiger partial charge in [0.15, 0.2) is 0 Å². The maximum atomic E-state index is 7.01. The molecule has 3 heteroatoms. The molecule has 0 unspecified atom stereocenters. The van der Waals surface area contributed by atoms with Crippen LogP contribution in [-0.2, 0) is 0 Å². The van der Waals surface area contributed by atoms with E-state index in [1.807, 2.05) is 6.07 Å². The smallest absolute Gasteiger partial charge is 0.0540 e. The van der Waals surface area contributed by atoms with Crippen molar-refractivity contribution < 1.29 is 0 Å². The van der Waals surface area contributed by atoms with Crippen molar-refractivity contribution in [3.05, 3.63) is 138 Å². The van der Waals surface area contributed by atoms with Gasteiger partial charge in [-0.05, 0) is 52.9 Å². The Hall–Kier alpha value is -4.11. The van der Waals surface area contributed by atoms with E-state index in [2.05, 4.69) is 132 Å². The van der Waals surface area contributed by atoms with E-state index in [0.29, 0.717) is 0 Å². The first kappa shape index (κ1) is 22.1. The predicted octanol–water partition coefficient (Wildman–Crippen LogP) is 11.0. The minimum absolute atomic E-state index is 0.774. The van der Waals surface area contributed by atoms with E-state index in [1.165, 1.54) is 36.7 Å². The Balaban J connectivity index is 1.45. The second-order valence-electron chi connectivity index (χ2n) is 9.15. The summed E-state index contributed by atoms with van der Waals surface area (Å²) in [5.41, 5.74) is 5.67. The van der Waals surface area contributed by atoms with E-state index in [4.69, 9.17) is 11.6 Å². The Kier molecular flexibility index (Phi) is 5.43. The summed E-state index contributed by atoms with van der Waals surface area (Å²) in [5, 5.41) is 5.52. The van der Waals surface area contributed by atoms with Gasteiger partial charge in [-0.2, -0.15) is 0 Å². The molecule has 0 aliphatic heterocycles. The zero-order valence-corrected chi connectivity index (χ0v) is 21.5. The van der Waals surface area contributed by atoms with Gasteiger partial charge in [-0.15, -0.1) is 11.3 Å². The zero-order valence-electron chi connectivity index (χ0n) is 19.9. The second kappa shape index (κ2) is 9.08. The lowest BCUT2D eigenvalue weighted by Crippen LogP contribution is -2.10. The molecule has 0 atom stereocenters. The van der Waals surface area contributed by atoms with Crippen molar-refractivity contribution in [2.24, 2.45) is 0 Å². The van der Waals surface area contributed by atoms with Gasteiger partial charge in [0.1, 0.15) is 0 Å². The molecule has 0 fully saturated rings. The lowest BCUT2D eigenvalue weighted by molar-refractivity contribution is 1.30. The summed E-state index contributed by atoms with van der Waals surface area (Å²) in [6, 6.07) is 47.2. The van der Waals surface area contributed by atoms with Crippen molar-refractivity contribution in [2.45, 2.75) is 0 Å². The average molecular weight is 512 g/mol. The van der Waals surface area contributed by atoms with Gasteiger partial charge < -0.3 is 4.90 Å². The van der Waals surface area contributed by atoms with Crippen LogP contribution in [0.1, 0.15) is 0 Å². The van der Waals surface area contributed by atoms with Crippen LogP contribution < -0.4 is 4.90 Å². The molecular weight excluding hydrogens is 490 g/mol. The van der Waals surface area contributed by atoms with E-state index < -0.39 is 0 Å². The molecule has 176 valence electrons. The minimum Gasteiger partial charge on any atom is -0.310 e. The highest BCUT2D eigenvalue weighted by atomic mass is 35.5. The molecule has 0 aliphatic carbocycles. The summed E-state index contributed by atoms with van der Waals surface area (Å²) in [4.78, 5) is 2.33. The quantitative estimate of drug-likeness (QED) is 0.227. The van der Waals surface area contributed by atoms with E-state index in [0.717, 1.165) is 27.5 Å². The number of hydrogen-bond acceptors (Lipinski definition) is 2. The molecule has 0 bridgehead atoms. The third kappa shape index (κ3) is 3.86. The van der Waals surface area contributed by atoms with Gasteiger partial charge in [-0.25, -0.2) is 0 Å². The highest BCUT2D eigenvalue weighted by Crippen LogP contribution is 2.45. The summed E-state index contributed by atoms with van der Waals surface area (Å²) in [5.74, 6) is 0. The van der Waals surface area contributed by atoms with Crippen LogP contribution in [0.25, 0.3) is 42.1 Å². The van der Waals surface area contributed by atoms with Crippen LogP contribution in [0.3, 0.4) is 0 Å². The van der Waals surface area contributed by atoms with E-state index in [-0.39, 0.29) is 0 Å². The molecule has 1 heterocycles. The van der Waals surface area contributed by atoms with Crippen LogP contribution in [0.2, 0.25) is 5.02 Å². The van der Waals surface area contributed by atoms with Crippen molar-refractivity contribution in [3.63, 3.8) is 0 Å². The van der Waals surface area contributed by atoms with E-state index in [9.17, 15) is 0 Å². The van der Waals surface area contributed by atoms with Crippen LogP contribution in [0.15, 0.2) is 133 Å². The third-order valence-electron chi connectivity index (χ3n) is 6.91. The number of nitrogens with zero attached hydrogens (tertiary/aromatic N) is 1. The summed E-state index contributed by atoms with van der Waals surface area (Å²) < 4.78 is 2.44. The topological polar surface area (TPSA) is 3.24 Å². The fraction of sp³-hybridized carbons (Fsp3) is 0. The number of thiophene rings is 1. The highest BCUT2D eigenvalue weighted by molar-refractivity contribution is 7.26. The molecule has 0 saturated carbocycles. The number of halogens is 1. The SMILES string of the molecule is Clc1cc(N(c2ccc(-c3ccccc3)cc2)c2cccc3ccccc23)cc2sc3ccccc3c12. The van der Waals surface area contributed by atoms with Crippen molar-refractivity contribution >= 4 is 70.9 Å². The normalized spacial score (nSPS) is 11.4. The number of fused-ring (bicyclic) bond motifs is 4. The van der Waals surface area contributed by atoms with Crippen LogP contribution in [0.5, 0.6) is 0 Å². The van der Waals surface area contributed by atoms with Gasteiger partial charge in [0.25, 0.3) is 0 Å². The van der Waals surface area contributed by atoms with Gasteiger partial charge in [0.05, 0.1) is 10.7 Å². The maximum absolute atomic E-state index is 7.01. The largest absolute Gasteiger partial charge is 0.310 e. The molecule has 0 amide bonds. The zero-order chi connectivity index (χ0) is 24.8. The first-order chi connectivity index (χ1) is 18.3. The molecule has 0 radical (unpaired) electrons. The second-order valence-corrected chi connectivity index (χ2v) is 10.6. The van der Waals surface area contributed by atoms with E-state index >= 15 is 0 Å². The van der Waals surface area contributed by atoms with Crippen LogP contribution in [0.4, 0.5) is 17.1 Å². The molecule has 1 nitrogen and oxygen atoms in total. The number of anilines is 3. The van der Waals surface area contributed by atoms with Crippen LogP contribution in [-0.4, -0.2) is 0 Å². The molecule has 0 saturated heterocycles. The Morgan fingerprint density at radius 2 is 1.19 bits per heavy atom. The van der Waals surface area contributed by atoms with Crippen molar-refractivity contribution in [2.75, 3.05) is 4.90 Å². The lowest BCUT2D eigenvalue weighted by atomic mass is 10.0. The van der Waals surface area contributed by atoms with Gasteiger partial charge in [-0.3, -0.25) is 0 Å². The monoisotopic (exact) mass is 511 g/mol. The van der Waals surface area contributed by atoms with Gasteiger partial charge in [0, 0.05) is 36.9 Å². The maximum Gasteiger partial charge on any atom is 0.0540 e. The highest BCUT2D eigenvalue weighted by Gasteiger charge is 2.18. The number of rotatable bonds is 4. The molecule has 6 aromatic carbocycles. The molecule has 0 aliphatic rings. The summed E-state index contributed by atoms with van der Waals surface area (Å²) in [6.45, 7) is 0. The number of benzene rings is 6. The Morgan fingerprint density at radius 1 is 0.514 bits per heavy atom. The summed E-state index contributed by atoms with van der Waals surface area (Å²) >= 11 is 8.80. The average Bonchev–Trinajstić information content (AvgIpc) is 3.33. The van der Waals surface area contributed by atoms with Crippen molar-refractivity contribution in [1.29, 1.82) is 0 Å². The van der Waals surface area contributed by atoms with Crippen molar-refractivity contribution in [1.82, 2.24) is 0 Å². The fourth-order valence-corrected chi connectivity index (χ4v) is 6.72. The molecule has 37 heavy (non-hydrogen) atoms. The van der Waals surface area contributed by atoms with Crippen LogP contribution in [0, 0.1) is 0 Å². The van der Waals surface area contributed by atoms with Crippen LogP contribution >= 0.6 is 22.9 Å². The molecule has 0 spiro atoms. The summed E-state index contributed by atoms with van der Waals surface area (Å²) in [7, 11) is 0. The van der Waals surface area contributed by atoms with Gasteiger partial charge in [-0.1, -0.05) is 109 Å². The van der Waals surface area contributed by atoms with Gasteiger partial charge >= 0.3 is 0 Å². The first-order valence-electron chi connectivity index (χ1n) is 12.3. The van der Waals surface area contributed by atoms with Crippen molar-refractivity contribution in [3.8, 4) is 11.1 Å². The van der Waals surface area contributed by atoms with E-state index in [1.54, 1.807) is 11.3 Å². The molecular formula is C34H22ClNS. The van der Waals surface area contributed by atoms with Gasteiger partial charge in [0.2, 0.25) is 0 Å². The molecule has 7 aromatic rings. The minimum atomic E-state index is 0.774. The standard InChI is InChI=1S/C34H22ClNS/c35-30-21-27(22-33-34(30)29-14-6-7-16-32(29)37-33)36(31-15-8-12-25-11-4-5-13-28(25)31)26-19-17-24(18-20-26)23-9-2-1-3-10-23/h1-22H. The molecule has 1 aromatic heterocycles. The number of hydrogen-bond donors (Lipinski definition) is 0.